The van der Waals surface area contributed by atoms with E-state index in [1.807, 2.05) is 13.0 Å². The molecule has 0 saturated heterocycles. The van der Waals surface area contributed by atoms with Gasteiger partial charge in [0.25, 0.3) is 0 Å². The van der Waals surface area contributed by atoms with Gasteiger partial charge in [-0.25, -0.2) is 9.78 Å². The van der Waals surface area contributed by atoms with Crippen molar-refractivity contribution in [1.29, 1.82) is 0 Å². The lowest BCUT2D eigenvalue weighted by molar-refractivity contribution is 0.0692. The number of hydrogen-bond acceptors (Lipinski definition) is 5. The largest absolute Gasteiger partial charge is 0.476 e. The maximum absolute atomic E-state index is 10.8. The number of aromatic nitrogens is 2. The summed E-state index contributed by atoms with van der Waals surface area (Å²) in [5, 5.41) is 8.85. The fourth-order valence-corrected chi connectivity index (χ4v) is 2.69. The number of rotatable bonds is 2. The van der Waals surface area contributed by atoms with E-state index in [-0.39, 0.29) is 5.69 Å². The number of carboxylic acids is 1. The lowest BCUT2D eigenvalue weighted by Crippen LogP contribution is -1.97. The molecule has 0 radical (unpaired) electrons. The van der Waals surface area contributed by atoms with Gasteiger partial charge in [-0.05, 0) is 24.5 Å². The van der Waals surface area contributed by atoms with Crippen LogP contribution in [0.1, 0.15) is 16.2 Å². The van der Waals surface area contributed by atoms with E-state index in [9.17, 15) is 4.79 Å². The number of carbonyl (C=O) groups is 1. The van der Waals surface area contributed by atoms with E-state index in [4.69, 9.17) is 5.11 Å². The second-order valence-electron chi connectivity index (χ2n) is 2.67. The second kappa shape index (κ2) is 3.47. The summed E-state index contributed by atoms with van der Waals surface area (Å²) < 4.78 is 4.10. The molecule has 0 bridgehead atoms. The Morgan fingerprint density at radius 2 is 2.36 bits per heavy atom. The molecule has 14 heavy (non-hydrogen) atoms. The Kier molecular flexibility index (Phi) is 2.30. The fraction of sp³-hybridized carbons (Fsp3) is 0.125. The molecule has 0 aliphatic carbocycles. The van der Waals surface area contributed by atoms with Gasteiger partial charge < -0.3 is 5.11 Å². The topological polar surface area (TPSA) is 63.1 Å². The molecule has 2 heterocycles. The van der Waals surface area contributed by atoms with Gasteiger partial charge in [0.05, 0.1) is 21.0 Å². The number of nitrogens with zero attached hydrogens (tertiary/aromatic N) is 2. The van der Waals surface area contributed by atoms with Crippen molar-refractivity contribution in [3.05, 3.63) is 23.0 Å². The minimum Gasteiger partial charge on any atom is -0.476 e. The van der Waals surface area contributed by atoms with Crippen molar-refractivity contribution in [1.82, 2.24) is 9.36 Å². The van der Waals surface area contributed by atoms with Crippen LogP contribution in [0.4, 0.5) is 0 Å². The van der Waals surface area contributed by atoms with Gasteiger partial charge >= 0.3 is 5.97 Å². The summed E-state index contributed by atoms with van der Waals surface area (Å²) in [5.74, 6) is -0.993. The SMILES string of the molecule is Cc1cc(-c2scnc2C(=O)O)sn1. The predicted molar refractivity (Wildman–Crippen MR) is 54.9 cm³/mol. The number of carboxylic acid groups (broad SMARTS) is 1. The number of aryl methyl sites for hydroxylation is 1. The number of thiazole rings is 1. The van der Waals surface area contributed by atoms with E-state index >= 15 is 0 Å². The first-order chi connectivity index (χ1) is 6.68. The second-order valence-corrected chi connectivity index (χ2v) is 4.33. The standard InChI is InChI=1S/C8H6N2O2S2/c1-4-2-5(14-10-4)7-6(8(11)12)9-3-13-7/h2-3H,1H3,(H,11,12). The minimum absolute atomic E-state index is 0.110. The van der Waals surface area contributed by atoms with Crippen LogP contribution in [-0.2, 0) is 0 Å². The predicted octanol–water partition coefficient (Wildman–Crippen LogP) is 2.27. The first kappa shape index (κ1) is 9.29. The summed E-state index contributed by atoms with van der Waals surface area (Å²) in [5.41, 5.74) is 2.54. The summed E-state index contributed by atoms with van der Waals surface area (Å²) in [6.45, 7) is 1.88. The molecule has 0 spiro atoms. The lowest BCUT2D eigenvalue weighted by atomic mass is 10.3. The molecule has 0 unspecified atom stereocenters. The molecule has 72 valence electrons. The first-order valence-corrected chi connectivity index (χ1v) is 5.44. The van der Waals surface area contributed by atoms with Crippen LogP contribution in [0, 0.1) is 6.92 Å². The third-order valence-corrected chi connectivity index (χ3v) is 3.51. The number of aromatic carboxylic acids is 1. The van der Waals surface area contributed by atoms with Gasteiger partial charge in [-0.3, -0.25) is 0 Å². The van der Waals surface area contributed by atoms with Crippen molar-refractivity contribution in [2.24, 2.45) is 0 Å². The normalized spacial score (nSPS) is 10.4. The Labute approximate surface area is 88.0 Å². The van der Waals surface area contributed by atoms with Gasteiger partial charge in [-0.2, -0.15) is 4.37 Å². The highest BCUT2D eigenvalue weighted by Gasteiger charge is 2.16. The molecule has 0 fully saturated rings. The van der Waals surface area contributed by atoms with Crippen molar-refractivity contribution in [3.63, 3.8) is 0 Å². The summed E-state index contributed by atoms with van der Waals surface area (Å²) in [6, 6.07) is 1.87. The van der Waals surface area contributed by atoms with Gasteiger partial charge in [-0.15, -0.1) is 11.3 Å². The zero-order valence-electron chi connectivity index (χ0n) is 7.22. The van der Waals surface area contributed by atoms with E-state index in [1.165, 1.54) is 28.4 Å². The van der Waals surface area contributed by atoms with Crippen LogP contribution in [0.25, 0.3) is 9.75 Å². The van der Waals surface area contributed by atoms with Crippen molar-refractivity contribution >= 4 is 28.8 Å². The Balaban J connectivity index is 2.51. The van der Waals surface area contributed by atoms with Crippen LogP contribution in [0.2, 0.25) is 0 Å². The van der Waals surface area contributed by atoms with Crippen LogP contribution in [0.5, 0.6) is 0 Å². The summed E-state index contributed by atoms with van der Waals surface area (Å²) in [6.07, 6.45) is 0. The quantitative estimate of drug-likeness (QED) is 0.853. The van der Waals surface area contributed by atoms with Gasteiger partial charge in [0, 0.05) is 0 Å². The maximum Gasteiger partial charge on any atom is 0.356 e. The van der Waals surface area contributed by atoms with Gasteiger partial charge in [0.15, 0.2) is 5.69 Å². The summed E-state index contributed by atoms with van der Waals surface area (Å²) >= 11 is 2.62. The van der Waals surface area contributed by atoms with Crippen LogP contribution >= 0.6 is 22.9 Å². The highest BCUT2D eigenvalue weighted by Crippen LogP contribution is 2.31. The average Bonchev–Trinajstić information content (AvgIpc) is 2.70. The molecule has 0 saturated carbocycles. The first-order valence-electron chi connectivity index (χ1n) is 3.79. The van der Waals surface area contributed by atoms with Crippen molar-refractivity contribution < 1.29 is 9.90 Å². The zero-order valence-corrected chi connectivity index (χ0v) is 8.85. The third kappa shape index (κ3) is 1.53. The Morgan fingerprint density at radius 1 is 1.57 bits per heavy atom. The molecular formula is C8H6N2O2S2. The van der Waals surface area contributed by atoms with E-state index in [0.717, 1.165) is 10.6 Å². The fourth-order valence-electron chi connectivity index (χ4n) is 1.04. The lowest BCUT2D eigenvalue weighted by Gasteiger charge is -1.91. The van der Waals surface area contributed by atoms with Crippen LogP contribution < -0.4 is 0 Å². The van der Waals surface area contributed by atoms with E-state index in [2.05, 4.69) is 9.36 Å². The van der Waals surface area contributed by atoms with Gasteiger partial charge in [0.2, 0.25) is 0 Å². The molecule has 2 rings (SSSR count). The molecule has 0 atom stereocenters. The van der Waals surface area contributed by atoms with Crippen molar-refractivity contribution in [2.75, 3.05) is 0 Å². The number of hydrogen-bond donors (Lipinski definition) is 1. The smallest absolute Gasteiger partial charge is 0.356 e. The molecule has 0 aromatic carbocycles. The molecule has 2 aromatic rings. The average molecular weight is 226 g/mol. The van der Waals surface area contributed by atoms with E-state index in [0.29, 0.717) is 4.88 Å². The van der Waals surface area contributed by atoms with Crippen molar-refractivity contribution in [3.8, 4) is 9.75 Å². The molecule has 2 aromatic heterocycles. The minimum atomic E-state index is -0.993. The Morgan fingerprint density at radius 3 is 2.93 bits per heavy atom. The highest BCUT2D eigenvalue weighted by molar-refractivity contribution is 7.18. The van der Waals surface area contributed by atoms with Gasteiger partial charge in [0.1, 0.15) is 0 Å². The van der Waals surface area contributed by atoms with Crippen LogP contribution in [0.15, 0.2) is 11.6 Å². The van der Waals surface area contributed by atoms with Crippen LogP contribution in [0.3, 0.4) is 0 Å². The van der Waals surface area contributed by atoms with Crippen molar-refractivity contribution in [2.45, 2.75) is 6.92 Å². The van der Waals surface area contributed by atoms with E-state index < -0.39 is 5.97 Å². The summed E-state index contributed by atoms with van der Waals surface area (Å²) in [7, 11) is 0. The molecule has 4 nitrogen and oxygen atoms in total. The molecule has 0 aliphatic rings. The van der Waals surface area contributed by atoms with Gasteiger partial charge in [-0.1, -0.05) is 0 Å². The molecule has 0 aliphatic heterocycles. The van der Waals surface area contributed by atoms with Crippen LogP contribution in [-0.4, -0.2) is 20.4 Å². The molecule has 6 heteroatoms. The molecule has 1 N–H and O–H groups in total. The molecule has 0 amide bonds. The third-order valence-electron chi connectivity index (χ3n) is 1.62. The summed E-state index contributed by atoms with van der Waals surface area (Å²) in [4.78, 5) is 16.1. The molecular weight excluding hydrogens is 220 g/mol. The Hall–Kier alpha value is -1.27. The van der Waals surface area contributed by atoms with E-state index in [1.54, 1.807) is 0 Å². The Bertz CT molecular complexity index is 475. The highest BCUT2D eigenvalue weighted by atomic mass is 32.1. The zero-order chi connectivity index (χ0) is 10.1. The monoisotopic (exact) mass is 226 g/mol. The maximum atomic E-state index is 10.8.